The van der Waals surface area contributed by atoms with Crippen LogP contribution in [0.4, 0.5) is 0 Å². The minimum Gasteiger partial charge on any atom is -0.352 e. The topological polar surface area (TPSA) is 64.9 Å². The van der Waals surface area contributed by atoms with E-state index in [0.717, 1.165) is 18.5 Å². The van der Waals surface area contributed by atoms with Crippen molar-refractivity contribution in [3.8, 4) is 6.07 Å². The number of nitrogens with one attached hydrogen (secondary N) is 2. The molecule has 1 aromatic rings. The summed E-state index contributed by atoms with van der Waals surface area (Å²) < 4.78 is 0. The van der Waals surface area contributed by atoms with Crippen LogP contribution in [0.25, 0.3) is 0 Å². The van der Waals surface area contributed by atoms with Gasteiger partial charge in [-0.3, -0.25) is 4.79 Å². The minimum atomic E-state index is 0.140. The van der Waals surface area contributed by atoms with Gasteiger partial charge in [0, 0.05) is 25.0 Å². The molecule has 94 valence electrons. The molecule has 0 aromatic heterocycles. The van der Waals surface area contributed by atoms with Crippen molar-refractivity contribution >= 4 is 5.91 Å². The van der Waals surface area contributed by atoms with Crippen molar-refractivity contribution in [3.63, 3.8) is 0 Å². The van der Waals surface area contributed by atoms with E-state index in [-0.39, 0.29) is 18.0 Å². The van der Waals surface area contributed by atoms with Gasteiger partial charge in [-0.1, -0.05) is 12.1 Å². The highest BCUT2D eigenvalue weighted by molar-refractivity contribution is 5.78. The molecule has 2 atom stereocenters. The van der Waals surface area contributed by atoms with Crippen LogP contribution >= 0.6 is 0 Å². The lowest BCUT2D eigenvalue weighted by Crippen LogP contribution is -2.36. The average molecular weight is 243 g/mol. The number of amides is 1. The Morgan fingerprint density at radius 1 is 1.61 bits per heavy atom. The third-order valence-corrected chi connectivity index (χ3v) is 3.27. The predicted octanol–water partition coefficient (Wildman–Crippen LogP) is 1.49. The van der Waals surface area contributed by atoms with Crippen molar-refractivity contribution in [3.05, 3.63) is 35.4 Å². The lowest BCUT2D eigenvalue weighted by atomic mass is 10.1. The Morgan fingerprint density at radius 2 is 2.44 bits per heavy atom. The molecule has 1 aliphatic rings. The van der Waals surface area contributed by atoms with Gasteiger partial charge < -0.3 is 10.6 Å². The number of carbonyl (C=O) groups excluding carboxylic acids is 1. The zero-order valence-electron chi connectivity index (χ0n) is 10.4. The first-order valence-corrected chi connectivity index (χ1v) is 6.22. The van der Waals surface area contributed by atoms with Crippen molar-refractivity contribution in [2.24, 2.45) is 0 Å². The first kappa shape index (κ1) is 12.6. The third kappa shape index (κ3) is 3.08. The van der Waals surface area contributed by atoms with E-state index in [1.165, 1.54) is 0 Å². The Labute approximate surface area is 107 Å². The standard InChI is InChI=1S/C14H17N3O/c1-10(12-4-2-3-11(7-12)8-15)16-9-13-5-6-14(18)17-13/h2-4,7,10,13,16H,5-6,9H2,1H3,(H,17,18). The van der Waals surface area contributed by atoms with Gasteiger partial charge in [0.1, 0.15) is 0 Å². The molecular formula is C14H17N3O. The number of hydrogen-bond donors (Lipinski definition) is 2. The summed E-state index contributed by atoms with van der Waals surface area (Å²) in [6.07, 6.45) is 1.53. The Bertz CT molecular complexity index is 478. The molecule has 1 aliphatic heterocycles. The zero-order valence-corrected chi connectivity index (χ0v) is 10.4. The first-order chi connectivity index (χ1) is 8.69. The molecule has 4 nitrogen and oxygen atoms in total. The van der Waals surface area contributed by atoms with Gasteiger partial charge in [-0.25, -0.2) is 0 Å². The molecule has 4 heteroatoms. The van der Waals surface area contributed by atoms with Gasteiger partial charge in [0.15, 0.2) is 0 Å². The monoisotopic (exact) mass is 243 g/mol. The summed E-state index contributed by atoms with van der Waals surface area (Å²) in [5.41, 5.74) is 1.77. The molecule has 1 saturated heterocycles. The van der Waals surface area contributed by atoms with Crippen molar-refractivity contribution in [1.29, 1.82) is 5.26 Å². The SMILES string of the molecule is CC(NCC1CCC(=O)N1)c1cccc(C#N)c1. The van der Waals surface area contributed by atoms with E-state index in [1.54, 1.807) is 6.07 Å². The van der Waals surface area contributed by atoms with E-state index in [0.29, 0.717) is 12.0 Å². The molecule has 0 bridgehead atoms. The Morgan fingerprint density at radius 3 is 3.11 bits per heavy atom. The predicted molar refractivity (Wildman–Crippen MR) is 68.7 cm³/mol. The highest BCUT2D eigenvalue weighted by Crippen LogP contribution is 2.14. The lowest BCUT2D eigenvalue weighted by Gasteiger charge is -2.17. The number of nitrogens with zero attached hydrogens (tertiary/aromatic N) is 1. The molecular weight excluding hydrogens is 226 g/mol. The van der Waals surface area contributed by atoms with Crippen molar-refractivity contribution < 1.29 is 4.79 Å². The molecule has 1 aromatic carbocycles. The number of rotatable bonds is 4. The molecule has 0 aliphatic carbocycles. The van der Waals surface area contributed by atoms with Gasteiger partial charge in [0.05, 0.1) is 11.6 Å². The average Bonchev–Trinajstić information content (AvgIpc) is 2.82. The fraction of sp³-hybridized carbons (Fsp3) is 0.429. The summed E-state index contributed by atoms with van der Waals surface area (Å²) in [6.45, 7) is 2.83. The Kier molecular flexibility index (Phi) is 3.96. The molecule has 1 amide bonds. The molecule has 0 spiro atoms. The van der Waals surface area contributed by atoms with Gasteiger partial charge in [-0.15, -0.1) is 0 Å². The fourth-order valence-electron chi connectivity index (χ4n) is 2.14. The third-order valence-electron chi connectivity index (χ3n) is 3.27. The number of carbonyl (C=O) groups is 1. The van der Waals surface area contributed by atoms with Crippen LogP contribution in [0, 0.1) is 11.3 Å². The van der Waals surface area contributed by atoms with Gasteiger partial charge in [0.25, 0.3) is 0 Å². The molecule has 1 fully saturated rings. The van der Waals surface area contributed by atoms with Crippen LogP contribution in [-0.4, -0.2) is 18.5 Å². The van der Waals surface area contributed by atoms with Crippen LogP contribution in [0.15, 0.2) is 24.3 Å². The molecule has 2 unspecified atom stereocenters. The summed E-state index contributed by atoms with van der Waals surface area (Å²) in [5.74, 6) is 0.140. The maximum Gasteiger partial charge on any atom is 0.220 e. The van der Waals surface area contributed by atoms with E-state index < -0.39 is 0 Å². The van der Waals surface area contributed by atoms with Gasteiger partial charge in [0.2, 0.25) is 5.91 Å². The van der Waals surface area contributed by atoms with Crippen molar-refractivity contribution in [2.45, 2.75) is 31.8 Å². The van der Waals surface area contributed by atoms with Crippen molar-refractivity contribution in [1.82, 2.24) is 10.6 Å². The highest BCUT2D eigenvalue weighted by Gasteiger charge is 2.20. The van der Waals surface area contributed by atoms with E-state index in [1.807, 2.05) is 18.2 Å². The van der Waals surface area contributed by atoms with Crippen LogP contribution in [0.3, 0.4) is 0 Å². The molecule has 2 rings (SSSR count). The second-order valence-electron chi connectivity index (χ2n) is 4.67. The summed E-state index contributed by atoms with van der Waals surface area (Å²) in [6, 6.07) is 10.1. The Balaban J connectivity index is 1.89. The van der Waals surface area contributed by atoms with Crippen LogP contribution in [0.2, 0.25) is 0 Å². The molecule has 1 heterocycles. The summed E-state index contributed by atoms with van der Waals surface area (Å²) in [5, 5.41) is 15.2. The van der Waals surface area contributed by atoms with Crippen LogP contribution in [0.5, 0.6) is 0 Å². The second-order valence-corrected chi connectivity index (χ2v) is 4.67. The zero-order chi connectivity index (χ0) is 13.0. The smallest absolute Gasteiger partial charge is 0.220 e. The van der Waals surface area contributed by atoms with Crippen LogP contribution in [0.1, 0.15) is 36.9 Å². The van der Waals surface area contributed by atoms with Gasteiger partial charge >= 0.3 is 0 Å². The van der Waals surface area contributed by atoms with Gasteiger partial charge in [-0.05, 0) is 31.0 Å². The van der Waals surface area contributed by atoms with Crippen LogP contribution in [-0.2, 0) is 4.79 Å². The quantitative estimate of drug-likeness (QED) is 0.842. The highest BCUT2D eigenvalue weighted by atomic mass is 16.1. The Hall–Kier alpha value is -1.86. The summed E-state index contributed by atoms with van der Waals surface area (Å²) in [7, 11) is 0. The summed E-state index contributed by atoms with van der Waals surface area (Å²) >= 11 is 0. The number of hydrogen-bond acceptors (Lipinski definition) is 3. The normalized spacial score (nSPS) is 20.2. The van der Waals surface area contributed by atoms with Gasteiger partial charge in [-0.2, -0.15) is 5.26 Å². The maximum atomic E-state index is 11.1. The molecule has 0 saturated carbocycles. The first-order valence-electron chi connectivity index (χ1n) is 6.22. The molecule has 18 heavy (non-hydrogen) atoms. The van der Waals surface area contributed by atoms with E-state index in [2.05, 4.69) is 23.6 Å². The number of nitriles is 1. The van der Waals surface area contributed by atoms with Crippen LogP contribution < -0.4 is 10.6 Å². The molecule has 0 radical (unpaired) electrons. The van der Waals surface area contributed by atoms with E-state index >= 15 is 0 Å². The maximum absolute atomic E-state index is 11.1. The lowest BCUT2D eigenvalue weighted by molar-refractivity contribution is -0.119. The largest absolute Gasteiger partial charge is 0.352 e. The molecule has 2 N–H and O–H groups in total. The van der Waals surface area contributed by atoms with E-state index in [4.69, 9.17) is 5.26 Å². The van der Waals surface area contributed by atoms with Crippen molar-refractivity contribution in [2.75, 3.05) is 6.54 Å². The number of benzene rings is 1. The summed E-state index contributed by atoms with van der Waals surface area (Å²) in [4.78, 5) is 11.1. The van der Waals surface area contributed by atoms with E-state index in [9.17, 15) is 4.79 Å². The second kappa shape index (κ2) is 5.65. The fourth-order valence-corrected chi connectivity index (χ4v) is 2.14. The minimum absolute atomic E-state index is 0.140.